The Labute approximate surface area is 82.5 Å². The van der Waals surface area contributed by atoms with Gasteiger partial charge in [0, 0.05) is 0 Å². The molecule has 0 amide bonds. The monoisotopic (exact) mass is 186 g/mol. The maximum absolute atomic E-state index is 9.06. The van der Waals surface area contributed by atoms with Crippen LogP contribution in [0.3, 0.4) is 0 Å². The molecule has 0 radical (unpaired) electrons. The fourth-order valence-corrected chi connectivity index (χ4v) is 1.65. The number of rotatable bonds is 8. The van der Waals surface area contributed by atoms with Crippen molar-refractivity contribution in [1.82, 2.24) is 0 Å². The molecule has 0 aromatic carbocycles. The van der Waals surface area contributed by atoms with E-state index < -0.39 is 7.12 Å². The van der Waals surface area contributed by atoms with Crippen LogP contribution in [0.25, 0.3) is 0 Å². The van der Waals surface area contributed by atoms with Gasteiger partial charge in [-0.25, -0.2) is 0 Å². The van der Waals surface area contributed by atoms with Crippen molar-refractivity contribution in [3.05, 3.63) is 0 Å². The van der Waals surface area contributed by atoms with Crippen LogP contribution in [-0.2, 0) is 0 Å². The maximum atomic E-state index is 9.06. The molecule has 0 spiro atoms. The third kappa shape index (κ3) is 7.09. The summed E-state index contributed by atoms with van der Waals surface area (Å²) in [4.78, 5) is 0. The van der Waals surface area contributed by atoms with Gasteiger partial charge in [0.2, 0.25) is 0 Å². The van der Waals surface area contributed by atoms with E-state index in [-0.39, 0.29) is 5.82 Å². The summed E-state index contributed by atoms with van der Waals surface area (Å²) >= 11 is 0. The van der Waals surface area contributed by atoms with Crippen LogP contribution < -0.4 is 0 Å². The first-order valence-corrected chi connectivity index (χ1v) is 5.58. The summed E-state index contributed by atoms with van der Waals surface area (Å²) in [5, 5.41) is 18.1. The van der Waals surface area contributed by atoms with Crippen molar-refractivity contribution < 1.29 is 10.0 Å². The third-order valence-corrected chi connectivity index (χ3v) is 2.51. The summed E-state index contributed by atoms with van der Waals surface area (Å²) in [7, 11) is -1.11. The molecule has 78 valence electrons. The van der Waals surface area contributed by atoms with Crippen molar-refractivity contribution in [1.29, 1.82) is 0 Å². The molecule has 0 aliphatic carbocycles. The first-order chi connectivity index (χ1) is 6.22. The molecular weight excluding hydrogens is 163 g/mol. The summed E-state index contributed by atoms with van der Waals surface area (Å²) in [5.41, 5.74) is 0. The van der Waals surface area contributed by atoms with Crippen LogP contribution >= 0.6 is 0 Å². The molecule has 0 aliphatic heterocycles. The fourth-order valence-electron chi connectivity index (χ4n) is 1.65. The van der Waals surface area contributed by atoms with Gasteiger partial charge >= 0.3 is 7.12 Å². The van der Waals surface area contributed by atoms with E-state index in [0.717, 1.165) is 25.7 Å². The average molecular weight is 186 g/mol. The largest absolute Gasteiger partial charge is 0.454 e. The zero-order valence-corrected chi connectivity index (χ0v) is 9.00. The van der Waals surface area contributed by atoms with E-state index in [2.05, 4.69) is 13.8 Å². The van der Waals surface area contributed by atoms with Gasteiger partial charge in [0.15, 0.2) is 0 Å². The number of unbranched alkanes of at least 4 members (excludes halogenated alkanes) is 3. The predicted octanol–water partition coefficient (Wildman–Crippen LogP) is 2.60. The van der Waals surface area contributed by atoms with E-state index >= 15 is 0 Å². The van der Waals surface area contributed by atoms with Gasteiger partial charge in [-0.05, 0) is 5.82 Å². The number of hydrogen-bond donors (Lipinski definition) is 2. The van der Waals surface area contributed by atoms with Crippen LogP contribution in [0.5, 0.6) is 0 Å². The first-order valence-electron chi connectivity index (χ1n) is 5.58. The molecule has 0 saturated heterocycles. The Morgan fingerprint density at radius 3 is 2.08 bits per heavy atom. The smallest absolute Gasteiger partial charge is 0.427 e. The van der Waals surface area contributed by atoms with Gasteiger partial charge in [0.25, 0.3) is 0 Å². The summed E-state index contributed by atoms with van der Waals surface area (Å²) in [6.45, 7) is 4.27. The average Bonchev–Trinajstić information content (AvgIpc) is 2.10. The zero-order chi connectivity index (χ0) is 10.1. The molecule has 13 heavy (non-hydrogen) atoms. The van der Waals surface area contributed by atoms with E-state index in [1.165, 1.54) is 19.3 Å². The zero-order valence-electron chi connectivity index (χ0n) is 9.00. The first kappa shape index (κ1) is 13.0. The Kier molecular flexibility index (Phi) is 8.57. The van der Waals surface area contributed by atoms with E-state index in [4.69, 9.17) is 10.0 Å². The van der Waals surface area contributed by atoms with Crippen LogP contribution in [0.15, 0.2) is 0 Å². The van der Waals surface area contributed by atoms with Gasteiger partial charge in [-0.3, -0.25) is 0 Å². The molecule has 0 aromatic rings. The van der Waals surface area contributed by atoms with Crippen LogP contribution in [0, 0.1) is 0 Å². The summed E-state index contributed by atoms with van der Waals surface area (Å²) in [6, 6.07) is 0. The number of hydrogen-bond acceptors (Lipinski definition) is 2. The topological polar surface area (TPSA) is 40.5 Å². The second-order valence-corrected chi connectivity index (χ2v) is 3.81. The van der Waals surface area contributed by atoms with E-state index in [1.54, 1.807) is 0 Å². The summed E-state index contributed by atoms with van der Waals surface area (Å²) in [6.07, 6.45) is 7.80. The van der Waals surface area contributed by atoms with Crippen LogP contribution in [-0.4, -0.2) is 17.2 Å². The second kappa shape index (κ2) is 8.58. The van der Waals surface area contributed by atoms with Crippen molar-refractivity contribution in [3.8, 4) is 0 Å². The molecule has 2 nitrogen and oxygen atoms in total. The Bertz CT molecular complexity index is 107. The highest BCUT2D eigenvalue weighted by Crippen LogP contribution is 2.22. The molecule has 0 aliphatic rings. The van der Waals surface area contributed by atoms with Gasteiger partial charge in [0.05, 0.1) is 0 Å². The molecule has 0 aromatic heterocycles. The van der Waals surface area contributed by atoms with Gasteiger partial charge in [0.1, 0.15) is 0 Å². The van der Waals surface area contributed by atoms with Crippen LogP contribution in [0.1, 0.15) is 58.8 Å². The SMILES string of the molecule is CCCCCCC(CCC)B(O)O. The van der Waals surface area contributed by atoms with Crippen LogP contribution in [0.4, 0.5) is 0 Å². The predicted molar refractivity (Wildman–Crippen MR) is 57.6 cm³/mol. The molecule has 0 bridgehead atoms. The normalized spacial score (nSPS) is 12.9. The Balaban J connectivity index is 3.45. The maximum Gasteiger partial charge on any atom is 0.454 e. The lowest BCUT2D eigenvalue weighted by molar-refractivity contribution is 0.368. The lowest BCUT2D eigenvalue weighted by Crippen LogP contribution is -2.20. The lowest BCUT2D eigenvalue weighted by Gasteiger charge is -2.13. The van der Waals surface area contributed by atoms with Gasteiger partial charge in [-0.15, -0.1) is 0 Å². The van der Waals surface area contributed by atoms with Crippen molar-refractivity contribution >= 4 is 7.12 Å². The van der Waals surface area contributed by atoms with Crippen molar-refractivity contribution in [2.75, 3.05) is 0 Å². The highest BCUT2D eigenvalue weighted by Gasteiger charge is 2.21. The van der Waals surface area contributed by atoms with E-state index in [0.29, 0.717) is 0 Å². The standard InChI is InChI=1S/C10H23BO2/c1-3-5-6-7-9-10(8-4-2)11(12)13/h10,12-13H,3-9H2,1-2H3. The van der Waals surface area contributed by atoms with Crippen molar-refractivity contribution in [3.63, 3.8) is 0 Å². The van der Waals surface area contributed by atoms with Gasteiger partial charge in [-0.1, -0.05) is 58.8 Å². The molecule has 0 heterocycles. The fraction of sp³-hybridized carbons (Fsp3) is 1.00. The Hall–Kier alpha value is -0.0151. The highest BCUT2D eigenvalue weighted by molar-refractivity contribution is 6.43. The minimum atomic E-state index is -1.11. The summed E-state index contributed by atoms with van der Waals surface area (Å²) < 4.78 is 0. The molecule has 1 atom stereocenters. The quantitative estimate of drug-likeness (QED) is 0.451. The van der Waals surface area contributed by atoms with E-state index in [1.807, 2.05) is 0 Å². The molecule has 1 unspecified atom stereocenters. The molecule has 3 heteroatoms. The van der Waals surface area contributed by atoms with Crippen LogP contribution in [0.2, 0.25) is 5.82 Å². The molecule has 0 fully saturated rings. The van der Waals surface area contributed by atoms with Crippen molar-refractivity contribution in [2.45, 2.75) is 64.6 Å². The van der Waals surface area contributed by atoms with Crippen molar-refractivity contribution in [2.24, 2.45) is 0 Å². The second-order valence-electron chi connectivity index (χ2n) is 3.81. The minimum absolute atomic E-state index is 0.0989. The Morgan fingerprint density at radius 2 is 1.62 bits per heavy atom. The minimum Gasteiger partial charge on any atom is -0.427 e. The molecule has 2 N–H and O–H groups in total. The third-order valence-electron chi connectivity index (χ3n) is 2.51. The van der Waals surface area contributed by atoms with Gasteiger partial charge < -0.3 is 10.0 Å². The molecule has 0 rings (SSSR count). The molecular formula is C10H23BO2. The van der Waals surface area contributed by atoms with Gasteiger partial charge in [-0.2, -0.15) is 0 Å². The summed E-state index contributed by atoms with van der Waals surface area (Å²) in [5.74, 6) is 0.0989. The lowest BCUT2D eigenvalue weighted by atomic mass is 9.68. The molecule has 0 saturated carbocycles. The van der Waals surface area contributed by atoms with E-state index in [9.17, 15) is 0 Å². The Morgan fingerprint density at radius 1 is 0.923 bits per heavy atom. The highest BCUT2D eigenvalue weighted by atomic mass is 16.4.